The van der Waals surface area contributed by atoms with Crippen LogP contribution in [0.1, 0.15) is 0 Å². The highest BCUT2D eigenvalue weighted by Crippen LogP contribution is 2.23. The van der Waals surface area contributed by atoms with Crippen molar-refractivity contribution >= 4 is 32.8 Å². The van der Waals surface area contributed by atoms with Crippen LogP contribution >= 0.6 is 11.8 Å². The molecular weight excluding hydrogens is 416 g/mol. The molecule has 0 saturated carbocycles. The molecule has 8 nitrogen and oxygen atoms in total. The number of morpholine rings is 1. The largest absolute Gasteiger partial charge is 0.497 e. The van der Waals surface area contributed by atoms with E-state index in [1.165, 1.54) is 31.4 Å². The fraction of sp³-hybridized carbons (Fsp3) is 0.263. The Hall–Kier alpha value is -2.56. The van der Waals surface area contributed by atoms with E-state index in [0.717, 1.165) is 16.7 Å². The van der Waals surface area contributed by atoms with Crippen molar-refractivity contribution in [3.05, 3.63) is 54.6 Å². The highest BCUT2D eigenvalue weighted by atomic mass is 32.2. The smallest absolute Gasteiger partial charge is 0.358 e. The van der Waals surface area contributed by atoms with Crippen molar-refractivity contribution in [3.63, 3.8) is 0 Å². The highest BCUT2D eigenvalue weighted by molar-refractivity contribution is 8.15. The number of carbonyl (C=O) groups excluding carboxylic acids is 1. The maximum atomic E-state index is 12.9. The van der Waals surface area contributed by atoms with E-state index in [9.17, 15) is 13.2 Å². The molecule has 29 heavy (non-hydrogen) atoms. The van der Waals surface area contributed by atoms with E-state index in [1.807, 2.05) is 18.2 Å². The Balaban J connectivity index is 1.83. The van der Waals surface area contributed by atoms with Crippen molar-refractivity contribution in [1.82, 2.24) is 4.90 Å². The van der Waals surface area contributed by atoms with E-state index in [4.69, 9.17) is 13.8 Å². The van der Waals surface area contributed by atoms with Crippen molar-refractivity contribution in [2.45, 2.75) is 9.79 Å². The van der Waals surface area contributed by atoms with E-state index < -0.39 is 16.0 Å². The first-order valence-corrected chi connectivity index (χ1v) is 11.0. The van der Waals surface area contributed by atoms with Gasteiger partial charge in [0.25, 0.3) is 5.91 Å². The number of oxime groups is 1. The Bertz CT molecular complexity index is 956. The minimum atomic E-state index is -4.19. The SMILES string of the molecule is COc1ccc(S(=O)(=O)O/N=C(\Sc2ccccc2)C(=O)N2CCOCC2)cc1. The molecule has 2 aromatic rings. The van der Waals surface area contributed by atoms with Gasteiger partial charge >= 0.3 is 10.1 Å². The second-order valence-corrected chi connectivity index (χ2v) is 8.51. The molecule has 2 aromatic carbocycles. The Morgan fingerprint density at radius 3 is 2.34 bits per heavy atom. The standard InChI is InChI=1S/C19H20N2O6S2/c1-25-15-7-9-17(10-8-15)29(23,24)27-20-18(28-16-5-3-2-4-6-16)19(22)21-11-13-26-14-12-21/h2-10H,11-14H2,1H3/b20-18-. The average molecular weight is 437 g/mol. The van der Waals surface area contributed by atoms with E-state index in [-0.39, 0.29) is 9.94 Å². The van der Waals surface area contributed by atoms with Gasteiger partial charge in [-0.15, -0.1) is 0 Å². The van der Waals surface area contributed by atoms with Crippen molar-refractivity contribution in [1.29, 1.82) is 0 Å². The van der Waals surface area contributed by atoms with Gasteiger partial charge in [0.15, 0.2) is 0 Å². The van der Waals surface area contributed by atoms with Crippen LogP contribution in [0.25, 0.3) is 0 Å². The molecule has 0 spiro atoms. The summed E-state index contributed by atoms with van der Waals surface area (Å²) in [4.78, 5) is 15.1. The second-order valence-electron chi connectivity index (χ2n) is 5.92. The monoisotopic (exact) mass is 436 g/mol. The van der Waals surface area contributed by atoms with Crippen LogP contribution in [-0.4, -0.2) is 57.7 Å². The third-order valence-electron chi connectivity index (χ3n) is 4.01. The lowest BCUT2D eigenvalue weighted by molar-refractivity contribution is -0.127. The average Bonchev–Trinajstić information content (AvgIpc) is 2.77. The van der Waals surface area contributed by atoms with Crippen LogP contribution in [0.5, 0.6) is 5.75 Å². The lowest BCUT2D eigenvalue weighted by atomic mass is 10.3. The zero-order valence-corrected chi connectivity index (χ0v) is 17.3. The zero-order chi connectivity index (χ0) is 20.7. The van der Waals surface area contributed by atoms with Gasteiger partial charge < -0.3 is 14.4 Å². The van der Waals surface area contributed by atoms with E-state index in [0.29, 0.717) is 32.1 Å². The van der Waals surface area contributed by atoms with Crippen LogP contribution in [-0.2, 0) is 23.9 Å². The zero-order valence-electron chi connectivity index (χ0n) is 15.7. The summed E-state index contributed by atoms with van der Waals surface area (Å²) in [7, 11) is -2.71. The molecule has 1 heterocycles. The third kappa shape index (κ3) is 5.72. The molecule has 0 aromatic heterocycles. The molecule has 0 unspecified atom stereocenters. The predicted octanol–water partition coefficient (Wildman–Crippen LogP) is 2.37. The first kappa shape index (κ1) is 21.2. The summed E-state index contributed by atoms with van der Waals surface area (Å²) in [6.07, 6.45) is 0. The fourth-order valence-corrected chi connectivity index (χ4v) is 4.05. The summed E-state index contributed by atoms with van der Waals surface area (Å²) in [6, 6.07) is 14.7. The topological polar surface area (TPSA) is 94.5 Å². The normalized spacial score (nSPS) is 15.1. The van der Waals surface area contributed by atoms with E-state index in [1.54, 1.807) is 17.0 Å². The van der Waals surface area contributed by atoms with Gasteiger partial charge in [0.1, 0.15) is 10.6 Å². The fourth-order valence-electron chi connectivity index (χ4n) is 2.47. The van der Waals surface area contributed by atoms with Gasteiger partial charge in [-0.2, -0.15) is 8.42 Å². The molecule has 0 radical (unpaired) electrons. The van der Waals surface area contributed by atoms with Crippen LogP contribution in [0.4, 0.5) is 0 Å². The Labute approximate surface area is 173 Å². The Morgan fingerprint density at radius 1 is 1.07 bits per heavy atom. The van der Waals surface area contributed by atoms with E-state index in [2.05, 4.69) is 5.16 Å². The van der Waals surface area contributed by atoms with Crippen LogP contribution < -0.4 is 4.74 Å². The number of hydrogen-bond donors (Lipinski definition) is 0. The number of rotatable bonds is 5. The lowest BCUT2D eigenvalue weighted by Gasteiger charge is -2.26. The molecular formula is C19H20N2O6S2. The summed E-state index contributed by atoms with van der Waals surface area (Å²) in [6.45, 7) is 1.64. The maximum Gasteiger partial charge on any atom is 0.358 e. The number of amides is 1. The van der Waals surface area contributed by atoms with Crippen molar-refractivity contribution in [2.75, 3.05) is 33.4 Å². The lowest BCUT2D eigenvalue weighted by Crippen LogP contribution is -2.43. The maximum absolute atomic E-state index is 12.9. The van der Waals surface area contributed by atoms with Crippen molar-refractivity contribution in [2.24, 2.45) is 5.16 Å². The number of carbonyl (C=O) groups is 1. The number of nitrogens with zero attached hydrogens (tertiary/aromatic N) is 2. The minimum Gasteiger partial charge on any atom is -0.497 e. The van der Waals surface area contributed by atoms with Crippen molar-refractivity contribution in [3.8, 4) is 5.75 Å². The number of hydrogen-bond acceptors (Lipinski definition) is 8. The molecule has 1 aliphatic heterocycles. The molecule has 1 aliphatic rings. The molecule has 0 N–H and O–H groups in total. The van der Waals surface area contributed by atoms with Crippen LogP contribution in [0.15, 0.2) is 69.5 Å². The second kappa shape index (κ2) is 9.77. The van der Waals surface area contributed by atoms with Crippen LogP contribution in [0, 0.1) is 0 Å². The van der Waals surface area contributed by atoms with Gasteiger partial charge in [0.05, 0.1) is 20.3 Å². The molecule has 3 rings (SSSR count). The molecule has 1 amide bonds. The molecule has 0 aliphatic carbocycles. The molecule has 1 saturated heterocycles. The number of thioether (sulfide) groups is 1. The van der Waals surface area contributed by atoms with Gasteiger partial charge in [-0.1, -0.05) is 35.1 Å². The first-order chi connectivity index (χ1) is 14.0. The van der Waals surface area contributed by atoms with Gasteiger partial charge in [0, 0.05) is 18.0 Å². The molecule has 0 bridgehead atoms. The van der Waals surface area contributed by atoms with Gasteiger partial charge in [-0.3, -0.25) is 9.08 Å². The summed E-state index contributed by atoms with van der Waals surface area (Å²) in [5.41, 5.74) is 0. The van der Waals surface area contributed by atoms with Crippen LogP contribution in [0.2, 0.25) is 0 Å². The summed E-state index contributed by atoms with van der Waals surface area (Å²) in [5, 5.41) is 3.64. The first-order valence-electron chi connectivity index (χ1n) is 8.75. The van der Waals surface area contributed by atoms with E-state index >= 15 is 0 Å². The predicted molar refractivity (Wildman–Crippen MR) is 108 cm³/mol. The molecule has 0 atom stereocenters. The van der Waals surface area contributed by atoms with Crippen LogP contribution in [0.3, 0.4) is 0 Å². The summed E-state index contributed by atoms with van der Waals surface area (Å²) in [5.74, 6) is 0.0994. The molecule has 154 valence electrons. The third-order valence-corrected chi connectivity index (χ3v) is 6.08. The Kier molecular flexibility index (Phi) is 7.13. The summed E-state index contributed by atoms with van der Waals surface area (Å²) >= 11 is 1.04. The molecule has 10 heteroatoms. The minimum absolute atomic E-state index is 0.0739. The number of ether oxygens (including phenoxy) is 2. The summed E-state index contributed by atoms with van der Waals surface area (Å²) < 4.78 is 40.1. The van der Waals surface area contributed by atoms with Gasteiger partial charge in [-0.05, 0) is 36.4 Å². The Morgan fingerprint density at radius 2 is 1.72 bits per heavy atom. The quantitative estimate of drug-likeness (QED) is 0.307. The molecule has 1 fully saturated rings. The van der Waals surface area contributed by atoms with Gasteiger partial charge in [-0.25, -0.2) is 0 Å². The number of benzene rings is 2. The number of methoxy groups -OCH3 is 1. The van der Waals surface area contributed by atoms with Crippen molar-refractivity contribution < 1.29 is 27.0 Å². The van der Waals surface area contributed by atoms with Gasteiger partial charge in [0.2, 0.25) is 5.04 Å². The highest BCUT2D eigenvalue weighted by Gasteiger charge is 2.25.